The second-order valence-corrected chi connectivity index (χ2v) is 12.2. The fourth-order valence-corrected chi connectivity index (χ4v) is 7.05. The summed E-state index contributed by atoms with van der Waals surface area (Å²) < 4.78 is 6.18. The van der Waals surface area contributed by atoms with Crippen molar-refractivity contribution in [1.82, 2.24) is 9.80 Å². The van der Waals surface area contributed by atoms with E-state index in [4.69, 9.17) is 4.74 Å². The Bertz CT molecular complexity index is 1030. The Morgan fingerprint density at radius 2 is 1.92 bits per heavy atom. The summed E-state index contributed by atoms with van der Waals surface area (Å²) in [5.74, 6) is 1.34. The molecule has 208 valence electrons. The second kappa shape index (κ2) is 13.1. The minimum atomic E-state index is -0.111. The minimum Gasteiger partial charge on any atom is -0.508 e. The van der Waals surface area contributed by atoms with Crippen LogP contribution in [-0.4, -0.2) is 66.8 Å². The number of benzene rings is 2. The number of rotatable bonds is 11. The molecule has 38 heavy (non-hydrogen) atoms. The van der Waals surface area contributed by atoms with Gasteiger partial charge in [-0.15, -0.1) is 0 Å². The number of piperidine rings is 1. The third kappa shape index (κ3) is 6.79. The van der Waals surface area contributed by atoms with E-state index < -0.39 is 0 Å². The number of nitrogens with zero attached hydrogens (tertiary/aromatic N) is 2. The molecule has 2 fully saturated rings. The molecule has 5 heteroatoms. The molecule has 1 amide bonds. The van der Waals surface area contributed by atoms with Gasteiger partial charge in [0.15, 0.2) is 0 Å². The van der Waals surface area contributed by atoms with E-state index in [0.717, 1.165) is 64.6 Å². The van der Waals surface area contributed by atoms with E-state index in [1.807, 2.05) is 19.2 Å². The van der Waals surface area contributed by atoms with Crippen molar-refractivity contribution in [3.8, 4) is 5.75 Å². The molecule has 1 aliphatic heterocycles. The largest absolute Gasteiger partial charge is 0.508 e. The molecule has 1 heterocycles. The van der Waals surface area contributed by atoms with Gasteiger partial charge in [-0.25, -0.2) is 0 Å². The number of carbonyl (C=O) groups is 1. The highest BCUT2D eigenvalue weighted by Crippen LogP contribution is 2.51. The average Bonchev–Trinajstić information content (AvgIpc) is 2.91. The van der Waals surface area contributed by atoms with Crippen LogP contribution in [-0.2, 0) is 21.4 Å². The number of hydrogen-bond acceptors (Lipinski definition) is 4. The monoisotopic (exact) mass is 520 g/mol. The van der Waals surface area contributed by atoms with Crippen LogP contribution in [0.25, 0.3) is 0 Å². The third-order valence-electron chi connectivity index (χ3n) is 8.96. The van der Waals surface area contributed by atoms with Crippen LogP contribution < -0.4 is 0 Å². The zero-order valence-corrected chi connectivity index (χ0v) is 23.9. The fourth-order valence-electron chi connectivity index (χ4n) is 7.05. The summed E-state index contributed by atoms with van der Waals surface area (Å²) in [4.78, 5) is 18.4. The van der Waals surface area contributed by atoms with Crippen molar-refractivity contribution < 1.29 is 14.6 Å². The van der Waals surface area contributed by atoms with Crippen LogP contribution in [0.3, 0.4) is 0 Å². The first kappa shape index (κ1) is 28.6. The number of aryl methyl sites for hydroxylation is 1. The molecule has 0 bridgehead atoms. The number of amides is 1. The predicted molar refractivity (Wildman–Crippen MR) is 154 cm³/mol. The van der Waals surface area contributed by atoms with Crippen LogP contribution in [0.4, 0.5) is 0 Å². The Hall–Kier alpha value is -2.37. The molecule has 2 aliphatic rings. The molecule has 0 radical (unpaired) electrons. The number of hydrogen-bond donors (Lipinski definition) is 1. The lowest BCUT2D eigenvalue weighted by Gasteiger charge is -2.56. The van der Waals surface area contributed by atoms with E-state index >= 15 is 0 Å². The van der Waals surface area contributed by atoms with Gasteiger partial charge in [-0.3, -0.25) is 4.79 Å². The van der Waals surface area contributed by atoms with Crippen LogP contribution in [0.1, 0.15) is 69.9 Å². The van der Waals surface area contributed by atoms with Gasteiger partial charge in [0, 0.05) is 44.0 Å². The molecule has 1 unspecified atom stereocenters. The molecule has 1 saturated heterocycles. The summed E-state index contributed by atoms with van der Waals surface area (Å²) in [6, 6.07) is 18.6. The number of methoxy groups -OCH3 is 1. The average molecular weight is 521 g/mol. The van der Waals surface area contributed by atoms with Crippen molar-refractivity contribution in [2.45, 2.75) is 82.8 Å². The zero-order chi connectivity index (χ0) is 27.1. The normalized spacial score (nSPS) is 25.8. The van der Waals surface area contributed by atoms with Crippen LogP contribution in [0.5, 0.6) is 5.75 Å². The second-order valence-electron chi connectivity index (χ2n) is 12.2. The first-order valence-corrected chi connectivity index (χ1v) is 14.7. The number of carbonyl (C=O) groups excluding carboxylic acids is 1. The molecule has 5 nitrogen and oxygen atoms in total. The molecule has 4 rings (SSSR count). The number of phenolic OH excluding ortho intramolecular Hbond substituents is 1. The van der Waals surface area contributed by atoms with E-state index in [1.165, 1.54) is 11.1 Å². The SMILES string of the molecule is COC1C[C@@H](N(CC(C)C)C(=O)CCCCCc2ccccc2)C[C@]2(c3cccc(O)c3)CCN(C)C[C@@H]12. The lowest BCUT2D eigenvalue weighted by atomic mass is 9.56. The standard InChI is InChI=1S/C33H48N2O3/c1-25(2)23-35(32(37)17-10-6-9-14-26-12-7-5-8-13-26)28-21-31(38-4)30-24-34(3)19-18-33(30,22-28)27-15-11-16-29(36)20-27/h5,7-8,11-13,15-16,20,25,28,30-31,36H,6,9-10,14,17-19,21-24H2,1-4H3/t28-,30+,31?,33+/m1/s1. The van der Waals surface area contributed by atoms with Gasteiger partial charge in [0.1, 0.15) is 5.75 Å². The number of phenols is 1. The van der Waals surface area contributed by atoms with Crippen molar-refractivity contribution in [2.24, 2.45) is 11.8 Å². The first-order valence-electron chi connectivity index (χ1n) is 14.7. The molecule has 2 aromatic carbocycles. The molecule has 2 aromatic rings. The smallest absolute Gasteiger partial charge is 0.222 e. The number of fused-ring (bicyclic) bond motifs is 1. The minimum absolute atomic E-state index is 0.0761. The van der Waals surface area contributed by atoms with Crippen molar-refractivity contribution in [3.05, 3.63) is 65.7 Å². The van der Waals surface area contributed by atoms with Crippen molar-refractivity contribution in [1.29, 1.82) is 0 Å². The zero-order valence-electron chi connectivity index (χ0n) is 23.9. The quantitative estimate of drug-likeness (QED) is 0.367. The van der Waals surface area contributed by atoms with Crippen LogP contribution in [0.15, 0.2) is 54.6 Å². The van der Waals surface area contributed by atoms with Crippen LogP contribution in [0.2, 0.25) is 0 Å². The van der Waals surface area contributed by atoms with E-state index in [1.54, 1.807) is 6.07 Å². The van der Waals surface area contributed by atoms with Crippen LogP contribution >= 0.6 is 0 Å². The number of likely N-dealkylation sites (tertiary alicyclic amines) is 1. The van der Waals surface area contributed by atoms with Crippen LogP contribution in [0, 0.1) is 11.8 Å². The van der Waals surface area contributed by atoms with Crippen molar-refractivity contribution >= 4 is 5.91 Å². The predicted octanol–water partition coefficient (Wildman–Crippen LogP) is 6.05. The lowest BCUT2D eigenvalue weighted by molar-refractivity contribution is -0.140. The van der Waals surface area contributed by atoms with E-state index in [0.29, 0.717) is 24.0 Å². The highest BCUT2D eigenvalue weighted by Gasteiger charge is 2.53. The summed E-state index contributed by atoms with van der Waals surface area (Å²) in [6.45, 7) is 7.18. The Balaban J connectivity index is 1.50. The maximum absolute atomic E-state index is 13.8. The maximum Gasteiger partial charge on any atom is 0.222 e. The Kier molecular flexibility index (Phi) is 9.89. The topological polar surface area (TPSA) is 53.0 Å². The number of ether oxygens (including phenoxy) is 1. The molecule has 1 saturated carbocycles. The summed E-state index contributed by atoms with van der Waals surface area (Å²) in [5, 5.41) is 10.4. The van der Waals surface area contributed by atoms with Gasteiger partial charge in [0.05, 0.1) is 6.10 Å². The summed E-state index contributed by atoms with van der Waals surface area (Å²) in [5.41, 5.74) is 2.46. The highest BCUT2D eigenvalue weighted by atomic mass is 16.5. The Morgan fingerprint density at radius 1 is 1.13 bits per heavy atom. The Morgan fingerprint density at radius 3 is 2.63 bits per heavy atom. The summed E-state index contributed by atoms with van der Waals surface area (Å²) in [7, 11) is 4.02. The summed E-state index contributed by atoms with van der Waals surface area (Å²) in [6.07, 6.45) is 7.71. The van der Waals surface area contributed by atoms with Gasteiger partial charge < -0.3 is 19.6 Å². The van der Waals surface area contributed by atoms with Gasteiger partial charge in [-0.1, -0.05) is 62.7 Å². The summed E-state index contributed by atoms with van der Waals surface area (Å²) >= 11 is 0. The fraction of sp³-hybridized carbons (Fsp3) is 0.606. The van der Waals surface area contributed by atoms with E-state index in [-0.39, 0.29) is 23.5 Å². The molecule has 0 spiro atoms. The molecular formula is C33H48N2O3. The van der Waals surface area contributed by atoms with Gasteiger partial charge in [-0.05, 0) is 81.3 Å². The molecule has 0 aromatic heterocycles. The van der Waals surface area contributed by atoms with Gasteiger partial charge in [-0.2, -0.15) is 0 Å². The lowest BCUT2D eigenvalue weighted by Crippen LogP contribution is -2.61. The molecule has 4 atom stereocenters. The number of aromatic hydroxyl groups is 1. The molecular weight excluding hydrogens is 472 g/mol. The highest BCUT2D eigenvalue weighted by molar-refractivity contribution is 5.76. The molecule has 1 N–H and O–H groups in total. The van der Waals surface area contributed by atoms with Gasteiger partial charge >= 0.3 is 0 Å². The van der Waals surface area contributed by atoms with Crippen molar-refractivity contribution in [3.63, 3.8) is 0 Å². The van der Waals surface area contributed by atoms with Gasteiger partial charge in [0.25, 0.3) is 0 Å². The Labute approximate surface area is 230 Å². The number of unbranched alkanes of at least 4 members (excludes halogenated alkanes) is 2. The van der Waals surface area contributed by atoms with Crippen molar-refractivity contribution in [2.75, 3.05) is 33.8 Å². The third-order valence-corrected chi connectivity index (χ3v) is 8.96. The maximum atomic E-state index is 13.8. The van der Waals surface area contributed by atoms with E-state index in [9.17, 15) is 9.90 Å². The molecule has 1 aliphatic carbocycles. The van der Waals surface area contributed by atoms with Gasteiger partial charge in [0.2, 0.25) is 5.91 Å². The first-order chi connectivity index (χ1) is 18.3. The van der Waals surface area contributed by atoms with E-state index in [2.05, 4.69) is 67.1 Å².